The molecule has 21 heavy (non-hydrogen) atoms. The van der Waals surface area contributed by atoms with E-state index >= 15 is 0 Å². The van der Waals surface area contributed by atoms with Crippen molar-refractivity contribution >= 4 is 5.91 Å². The second kappa shape index (κ2) is 6.58. The summed E-state index contributed by atoms with van der Waals surface area (Å²) in [4.78, 5) is 14.2. The van der Waals surface area contributed by atoms with Gasteiger partial charge in [-0.3, -0.25) is 14.4 Å². The first kappa shape index (κ1) is 14.5. The molecule has 1 saturated heterocycles. The molecule has 0 unspecified atom stereocenters. The summed E-state index contributed by atoms with van der Waals surface area (Å²) in [6, 6.07) is 2.20. The third-order valence-electron chi connectivity index (χ3n) is 4.51. The number of amides is 1. The van der Waals surface area contributed by atoms with E-state index in [9.17, 15) is 4.79 Å². The van der Waals surface area contributed by atoms with Gasteiger partial charge in [0.1, 0.15) is 0 Å². The molecular formula is C15H24N4O2. The molecule has 1 atom stereocenters. The second-order valence-electron chi connectivity index (χ2n) is 6.05. The van der Waals surface area contributed by atoms with Crippen molar-refractivity contribution in [1.29, 1.82) is 0 Å². The highest BCUT2D eigenvalue weighted by atomic mass is 16.5. The van der Waals surface area contributed by atoms with Crippen molar-refractivity contribution < 1.29 is 9.53 Å². The number of nitrogens with zero attached hydrogens (tertiary/aromatic N) is 3. The fourth-order valence-electron chi connectivity index (χ4n) is 3.36. The van der Waals surface area contributed by atoms with Crippen LogP contribution in [0.15, 0.2) is 12.3 Å². The molecule has 0 aliphatic carbocycles. The number of hydrogen-bond donors (Lipinski definition) is 1. The Morgan fingerprint density at radius 1 is 1.48 bits per heavy atom. The molecule has 3 heterocycles. The molecule has 1 aromatic rings. The zero-order valence-corrected chi connectivity index (χ0v) is 12.6. The SMILES string of the molecule is CNC(=O)C[C@H]1CN(CC2CCOCC2)Cc2ccnn21. The molecule has 6 nitrogen and oxygen atoms in total. The molecular weight excluding hydrogens is 268 g/mol. The van der Waals surface area contributed by atoms with E-state index in [0.29, 0.717) is 12.3 Å². The number of carbonyl (C=O) groups excluding carboxylic acids is 1. The molecule has 2 aliphatic heterocycles. The van der Waals surface area contributed by atoms with Gasteiger partial charge in [-0.1, -0.05) is 0 Å². The van der Waals surface area contributed by atoms with Gasteiger partial charge in [-0.25, -0.2) is 0 Å². The van der Waals surface area contributed by atoms with E-state index in [1.54, 1.807) is 7.05 Å². The van der Waals surface area contributed by atoms with Gasteiger partial charge in [-0.15, -0.1) is 0 Å². The van der Waals surface area contributed by atoms with Gasteiger partial charge < -0.3 is 10.1 Å². The van der Waals surface area contributed by atoms with Gasteiger partial charge in [-0.05, 0) is 24.8 Å². The Morgan fingerprint density at radius 3 is 3.05 bits per heavy atom. The number of hydrogen-bond acceptors (Lipinski definition) is 4. The van der Waals surface area contributed by atoms with Gasteiger partial charge in [0.25, 0.3) is 0 Å². The molecule has 1 amide bonds. The molecule has 0 bridgehead atoms. The topological polar surface area (TPSA) is 59.4 Å². The van der Waals surface area contributed by atoms with Gasteiger partial charge in [0.05, 0.1) is 18.2 Å². The van der Waals surface area contributed by atoms with E-state index in [4.69, 9.17) is 4.74 Å². The normalized spacial score (nSPS) is 23.8. The van der Waals surface area contributed by atoms with Gasteiger partial charge in [0.2, 0.25) is 5.91 Å². The van der Waals surface area contributed by atoms with Crippen LogP contribution in [0.25, 0.3) is 0 Å². The fourth-order valence-corrected chi connectivity index (χ4v) is 3.36. The van der Waals surface area contributed by atoms with Crippen LogP contribution in [0.5, 0.6) is 0 Å². The second-order valence-corrected chi connectivity index (χ2v) is 6.05. The summed E-state index contributed by atoms with van der Waals surface area (Å²) < 4.78 is 7.46. The van der Waals surface area contributed by atoms with Crippen molar-refractivity contribution in [2.45, 2.75) is 31.8 Å². The van der Waals surface area contributed by atoms with Crippen LogP contribution in [0, 0.1) is 5.92 Å². The van der Waals surface area contributed by atoms with Crippen LogP contribution in [0.3, 0.4) is 0 Å². The van der Waals surface area contributed by atoms with E-state index in [-0.39, 0.29) is 11.9 Å². The standard InChI is InChI=1S/C15H24N4O2/c1-16-15(20)8-14-11-18(9-12-3-6-21-7-4-12)10-13-2-5-17-19(13)14/h2,5,12,14H,3-4,6-11H2,1H3,(H,16,20)/t14-/m0/s1. The Morgan fingerprint density at radius 2 is 2.29 bits per heavy atom. The predicted molar refractivity (Wildman–Crippen MR) is 78.8 cm³/mol. The van der Waals surface area contributed by atoms with E-state index in [1.165, 1.54) is 5.69 Å². The Balaban J connectivity index is 1.66. The summed E-state index contributed by atoms with van der Waals surface area (Å²) in [6.45, 7) is 4.70. The van der Waals surface area contributed by atoms with E-state index in [2.05, 4.69) is 21.4 Å². The number of carbonyl (C=O) groups is 1. The first-order chi connectivity index (χ1) is 10.3. The molecule has 0 radical (unpaired) electrons. The van der Waals surface area contributed by atoms with Gasteiger partial charge >= 0.3 is 0 Å². The average molecular weight is 292 g/mol. The number of rotatable bonds is 4. The van der Waals surface area contributed by atoms with E-state index in [1.807, 2.05) is 10.9 Å². The van der Waals surface area contributed by atoms with Crippen LogP contribution >= 0.6 is 0 Å². The van der Waals surface area contributed by atoms with Crippen LogP contribution < -0.4 is 5.32 Å². The van der Waals surface area contributed by atoms with Gasteiger partial charge in [0, 0.05) is 46.1 Å². The highest BCUT2D eigenvalue weighted by molar-refractivity contribution is 5.76. The molecule has 0 aromatic carbocycles. The quantitative estimate of drug-likeness (QED) is 0.892. The maximum atomic E-state index is 11.7. The maximum Gasteiger partial charge on any atom is 0.221 e. The number of ether oxygens (including phenoxy) is 1. The van der Waals surface area contributed by atoms with Crippen LogP contribution in [0.2, 0.25) is 0 Å². The molecule has 0 saturated carbocycles. The van der Waals surface area contributed by atoms with Gasteiger partial charge in [-0.2, -0.15) is 5.10 Å². The molecule has 6 heteroatoms. The Bertz CT molecular complexity index is 482. The van der Waals surface area contributed by atoms with Crippen molar-refractivity contribution in [3.8, 4) is 0 Å². The molecule has 1 fully saturated rings. The highest BCUT2D eigenvalue weighted by Crippen LogP contribution is 2.25. The van der Waals surface area contributed by atoms with Crippen molar-refractivity contribution in [1.82, 2.24) is 20.0 Å². The molecule has 1 N–H and O–H groups in total. The number of aromatic nitrogens is 2. The number of fused-ring (bicyclic) bond motifs is 1. The third-order valence-corrected chi connectivity index (χ3v) is 4.51. The summed E-state index contributed by atoms with van der Waals surface area (Å²) in [6.07, 6.45) is 4.63. The fraction of sp³-hybridized carbons (Fsp3) is 0.733. The lowest BCUT2D eigenvalue weighted by Crippen LogP contribution is -2.42. The van der Waals surface area contributed by atoms with Crippen molar-refractivity contribution in [2.75, 3.05) is 33.4 Å². The molecule has 116 valence electrons. The first-order valence-electron chi connectivity index (χ1n) is 7.79. The summed E-state index contributed by atoms with van der Waals surface area (Å²) in [7, 11) is 1.69. The summed E-state index contributed by atoms with van der Waals surface area (Å²) >= 11 is 0. The van der Waals surface area contributed by atoms with Crippen LogP contribution in [0.1, 0.15) is 31.0 Å². The van der Waals surface area contributed by atoms with Crippen LogP contribution in [0.4, 0.5) is 0 Å². The summed E-state index contributed by atoms with van der Waals surface area (Å²) in [5.41, 5.74) is 1.21. The Hall–Kier alpha value is -1.40. The highest BCUT2D eigenvalue weighted by Gasteiger charge is 2.28. The smallest absolute Gasteiger partial charge is 0.221 e. The lowest BCUT2D eigenvalue weighted by molar-refractivity contribution is -0.121. The third kappa shape index (κ3) is 3.44. The summed E-state index contributed by atoms with van der Waals surface area (Å²) in [5.74, 6) is 0.795. The van der Waals surface area contributed by atoms with Crippen molar-refractivity contribution in [3.63, 3.8) is 0 Å². The van der Waals surface area contributed by atoms with E-state index in [0.717, 1.165) is 45.7 Å². The minimum atomic E-state index is 0.0781. The minimum Gasteiger partial charge on any atom is -0.381 e. The Labute approximate surface area is 125 Å². The molecule has 1 aromatic heterocycles. The van der Waals surface area contributed by atoms with Crippen LogP contribution in [-0.4, -0.2) is 53.9 Å². The lowest BCUT2D eigenvalue weighted by Gasteiger charge is -2.36. The average Bonchev–Trinajstić information content (AvgIpc) is 2.97. The largest absolute Gasteiger partial charge is 0.381 e. The Kier molecular flexibility index (Phi) is 4.55. The van der Waals surface area contributed by atoms with Crippen molar-refractivity contribution in [3.05, 3.63) is 18.0 Å². The monoisotopic (exact) mass is 292 g/mol. The predicted octanol–water partition coefficient (Wildman–Crippen LogP) is 0.802. The molecule has 0 spiro atoms. The summed E-state index contributed by atoms with van der Waals surface area (Å²) in [5, 5.41) is 7.11. The zero-order valence-electron chi connectivity index (χ0n) is 12.6. The van der Waals surface area contributed by atoms with E-state index < -0.39 is 0 Å². The molecule has 2 aliphatic rings. The zero-order chi connectivity index (χ0) is 14.7. The lowest BCUT2D eigenvalue weighted by atomic mass is 9.98. The minimum absolute atomic E-state index is 0.0781. The van der Waals surface area contributed by atoms with Crippen molar-refractivity contribution in [2.24, 2.45) is 5.92 Å². The first-order valence-corrected chi connectivity index (χ1v) is 7.79. The van der Waals surface area contributed by atoms with Gasteiger partial charge in [0.15, 0.2) is 0 Å². The van der Waals surface area contributed by atoms with Crippen LogP contribution in [-0.2, 0) is 16.1 Å². The number of nitrogens with one attached hydrogen (secondary N) is 1. The maximum absolute atomic E-state index is 11.7. The molecule has 3 rings (SSSR count).